The molecule has 10 heavy (non-hydrogen) atoms. The Labute approximate surface area is 92.3 Å². The molecule has 0 radical (unpaired) electrons. The summed E-state index contributed by atoms with van der Waals surface area (Å²) in [4.78, 5) is 0. The van der Waals surface area contributed by atoms with Crippen LogP contribution in [0, 0.1) is 0 Å². The first-order chi connectivity index (χ1) is 3.95. The van der Waals surface area contributed by atoms with Crippen molar-refractivity contribution >= 4 is 47.3 Å². The van der Waals surface area contributed by atoms with Gasteiger partial charge < -0.3 is 7.28 Å². The van der Waals surface area contributed by atoms with Crippen LogP contribution >= 0.6 is 15.9 Å². The number of alkyl halides is 1. The Hall–Kier alpha value is 1.42. The smallest absolute Gasteiger partial charge is 1.00 e. The van der Waals surface area contributed by atoms with Crippen LogP contribution in [-0.2, 0) is 4.43 Å². The standard InChI is InChI=1S/C6H15BrOSi.Mg.2H/c1-5-6(7)8-9(2,3)4;;;/h6H,5H2,1-4H3;;;/q;+2;2*-1. The fourth-order valence-corrected chi connectivity index (χ4v) is 3.08. The van der Waals surface area contributed by atoms with Gasteiger partial charge in [0.1, 0.15) is 5.01 Å². The van der Waals surface area contributed by atoms with Crippen molar-refractivity contribution in [1.29, 1.82) is 0 Å². The van der Waals surface area contributed by atoms with E-state index in [0.717, 1.165) is 6.42 Å². The summed E-state index contributed by atoms with van der Waals surface area (Å²) in [5, 5.41) is 0.268. The van der Waals surface area contributed by atoms with E-state index in [1.54, 1.807) is 0 Å². The van der Waals surface area contributed by atoms with Crippen molar-refractivity contribution in [2.24, 2.45) is 0 Å². The summed E-state index contributed by atoms with van der Waals surface area (Å²) in [5.41, 5.74) is 0. The average molecular weight is 237 g/mol. The third kappa shape index (κ3) is 9.42. The van der Waals surface area contributed by atoms with E-state index in [-0.39, 0.29) is 30.9 Å². The molecule has 1 nitrogen and oxygen atoms in total. The molecule has 0 aliphatic heterocycles. The Bertz CT molecular complexity index is 92.1. The van der Waals surface area contributed by atoms with E-state index in [0.29, 0.717) is 0 Å². The Morgan fingerprint density at radius 3 is 2.00 bits per heavy atom. The summed E-state index contributed by atoms with van der Waals surface area (Å²) in [5.74, 6) is 0. The predicted octanol–water partition coefficient (Wildman–Crippen LogP) is 2.81. The molecular weight excluding hydrogens is 220 g/mol. The van der Waals surface area contributed by atoms with Gasteiger partial charge in [-0.25, -0.2) is 0 Å². The predicted molar refractivity (Wildman–Crippen MR) is 55.4 cm³/mol. The zero-order chi connectivity index (χ0) is 7.49. The van der Waals surface area contributed by atoms with Crippen LogP contribution in [0.3, 0.4) is 0 Å². The first-order valence-corrected chi connectivity index (χ1v) is 7.60. The van der Waals surface area contributed by atoms with Crippen LogP contribution < -0.4 is 0 Å². The zero-order valence-corrected chi connectivity index (χ0v) is 11.3. The van der Waals surface area contributed by atoms with E-state index in [1.807, 2.05) is 0 Å². The van der Waals surface area contributed by atoms with Gasteiger partial charge in [-0.05, 0) is 26.1 Å². The van der Waals surface area contributed by atoms with Crippen molar-refractivity contribution in [3.63, 3.8) is 0 Å². The Morgan fingerprint density at radius 1 is 1.50 bits per heavy atom. The second-order valence-corrected chi connectivity index (χ2v) is 8.53. The van der Waals surface area contributed by atoms with Gasteiger partial charge in [-0.2, -0.15) is 0 Å². The van der Waals surface area contributed by atoms with Crippen molar-refractivity contribution < 1.29 is 7.28 Å². The summed E-state index contributed by atoms with van der Waals surface area (Å²) in [6.07, 6.45) is 1.05. The van der Waals surface area contributed by atoms with Crippen LogP contribution in [0.15, 0.2) is 0 Å². The molecule has 0 N–H and O–H groups in total. The maximum Gasteiger partial charge on any atom is 2.00 e. The van der Waals surface area contributed by atoms with E-state index >= 15 is 0 Å². The minimum atomic E-state index is -1.29. The summed E-state index contributed by atoms with van der Waals surface area (Å²) in [7, 11) is -1.29. The minimum absolute atomic E-state index is 0. The summed E-state index contributed by atoms with van der Waals surface area (Å²) >= 11 is 3.43. The molecule has 0 aliphatic rings. The van der Waals surface area contributed by atoms with Crippen LogP contribution in [0.5, 0.6) is 0 Å². The third-order valence-electron chi connectivity index (χ3n) is 0.802. The second-order valence-electron chi connectivity index (χ2n) is 3.05. The minimum Gasteiger partial charge on any atom is -1.00 e. The van der Waals surface area contributed by atoms with E-state index in [9.17, 15) is 0 Å². The largest absolute Gasteiger partial charge is 2.00 e. The van der Waals surface area contributed by atoms with Gasteiger partial charge in [0.15, 0.2) is 8.32 Å². The molecule has 60 valence electrons. The molecule has 0 saturated heterocycles. The molecule has 0 rings (SSSR count). The third-order valence-corrected chi connectivity index (χ3v) is 2.97. The Kier molecular flexibility index (Phi) is 8.38. The van der Waals surface area contributed by atoms with Crippen molar-refractivity contribution in [1.82, 2.24) is 0 Å². The molecule has 1 atom stereocenters. The fourth-order valence-electron chi connectivity index (χ4n) is 0.467. The SMILES string of the molecule is CCC(Br)O[Si](C)(C)C.[H-].[H-].[Mg+2]. The van der Waals surface area contributed by atoms with Crippen molar-refractivity contribution in [3.05, 3.63) is 0 Å². The first-order valence-electron chi connectivity index (χ1n) is 3.27. The average Bonchev–Trinajstić information content (AvgIpc) is 1.62. The molecule has 4 heteroatoms. The molecule has 0 aromatic rings. The topological polar surface area (TPSA) is 9.23 Å². The monoisotopic (exact) mass is 236 g/mol. The molecule has 0 spiro atoms. The molecule has 0 amide bonds. The van der Waals surface area contributed by atoms with Gasteiger partial charge in [0.2, 0.25) is 0 Å². The van der Waals surface area contributed by atoms with Gasteiger partial charge in [-0.1, -0.05) is 22.9 Å². The quantitative estimate of drug-likeness (QED) is 0.542. The van der Waals surface area contributed by atoms with Crippen molar-refractivity contribution in [3.8, 4) is 0 Å². The van der Waals surface area contributed by atoms with E-state index < -0.39 is 8.32 Å². The Morgan fingerprint density at radius 2 is 1.90 bits per heavy atom. The van der Waals surface area contributed by atoms with Crippen LogP contribution in [0.4, 0.5) is 0 Å². The summed E-state index contributed by atoms with van der Waals surface area (Å²) < 4.78 is 5.64. The maximum absolute atomic E-state index is 5.64. The van der Waals surface area contributed by atoms with Gasteiger partial charge in [-0.3, -0.25) is 0 Å². The number of rotatable bonds is 3. The molecular formula is C6H17BrMgOSi. The van der Waals surface area contributed by atoms with Crippen molar-refractivity contribution in [2.45, 2.75) is 38.0 Å². The molecule has 0 aliphatic carbocycles. The summed E-state index contributed by atoms with van der Waals surface area (Å²) in [6.45, 7) is 8.68. The van der Waals surface area contributed by atoms with Gasteiger partial charge >= 0.3 is 23.1 Å². The number of hydrogen-bond acceptors (Lipinski definition) is 1. The van der Waals surface area contributed by atoms with E-state index in [2.05, 4.69) is 42.5 Å². The van der Waals surface area contributed by atoms with Gasteiger partial charge in [0, 0.05) is 0 Å². The summed E-state index contributed by atoms with van der Waals surface area (Å²) in [6, 6.07) is 0. The number of hydrogen-bond donors (Lipinski definition) is 0. The fraction of sp³-hybridized carbons (Fsp3) is 1.00. The van der Waals surface area contributed by atoms with E-state index in [1.165, 1.54) is 0 Å². The van der Waals surface area contributed by atoms with Gasteiger partial charge in [-0.15, -0.1) is 0 Å². The zero-order valence-electron chi connectivity index (χ0n) is 9.28. The molecule has 1 unspecified atom stereocenters. The molecule has 0 fully saturated rings. The van der Waals surface area contributed by atoms with Crippen LogP contribution in [0.1, 0.15) is 16.2 Å². The molecule has 0 saturated carbocycles. The van der Waals surface area contributed by atoms with Crippen LogP contribution in [0.2, 0.25) is 19.6 Å². The van der Waals surface area contributed by atoms with Gasteiger partial charge in [0.25, 0.3) is 0 Å². The molecule has 0 heterocycles. The first kappa shape index (κ1) is 14.0. The van der Waals surface area contributed by atoms with Crippen molar-refractivity contribution in [2.75, 3.05) is 0 Å². The van der Waals surface area contributed by atoms with Gasteiger partial charge in [0.05, 0.1) is 0 Å². The normalized spacial score (nSPS) is 14.1. The Balaban J connectivity index is -0.000000107. The van der Waals surface area contributed by atoms with E-state index in [4.69, 9.17) is 4.43 Å². The van der Waals surface area contributed by atoms with Crippen LogP contribution in [0.25, 0.3) is 0 Å². The molecule has 0 bridgehead atoms. The molecule has 0 aromatic carbocycles. The number of halogens is 1. The van der Waals surface area contributed by atoms with Crippen LogP contribution in [-0.4, -0.2) is 36.4 Å². The second kappa shape index (κ2) is 6.00. The molecule has 0 aromatic heterocycles. The maximum atomic E-state index is 5.64.